The van der Waals surface area contributed by atoms with E-state index in [-0.39, 0.29) is 11.5 Å². The van der Waals surface area contributed by atoms with Crippen molar-refractivity contribution in [2.24, 2.45) is 5.10 Å². The standard InChI is InChI=1S/C19H24N6O4/c26-15-2-1-14(11-16(15)27)13-20-23-17-12-18(24-3-7-28-8-4-24)22-19(21-17)25-5-9-29-10-6-25/h1-2,11-13,26-27H,3-10H2,(H,21,22,23)/b20-13-. The number of hydrazone groups is 1. The second-order valence-electron chi connectivity index (χ2n) is 6.73. The van der Waals surface area contributed by atoms with Gasteiger partial charge >= 0.3 is 0 Å². The van der Waals surface area contributed by atoms with Crippen molar-refractivity contribution < 1.29 is 19.7 Å². The Morgan fingerprint density at radius 3 is 2.28 bits per heavy atom. The molecule has 3 N–H and O–H groups in total. The molecular weight excluding hydrogens is 376 g/mol. The first kappa shape index (κ1) is 19.2. The van der Waals surface area contributed by atoms with Crippen molar-refractivity contribution in [1.29, 1.82) is 0 Å². The molecule has 10 nitrogen and oxygen atoms in total. The van der Waals surface area contributed by atoms with Crippen molar-refractivity contribution in [3.63, 3.8) is 0 Å². The van der Waals surface area contributed by atoms with Crippen molar-refractivity contribution in [2.45, 2.75) is 0 Å². The minimum Gasteiger partial charge on any atom is -0.504 e. The third kappa shape index (κ3) is 4.84. The number of aromatic nitrogens is 2. The predicted molar refractivity (Wildman–Crippen MR) is 109 cm³/mol. The number of morpholine rings is 2. The first-order valence-electron chi connectivity index (χ1n) is 9.54. The van der Waals surface area contributed by atoms with Gasteiger partial charge in [-0.2, -0.15) is 15.1 Å². The van der Waals surface area contributed by atoms with Crippen LogP contribution in [0.2, 0.25) is 0 Å². The zero-order valence-electron chi connectivity index (χ0n) is 16.0. The van der Waals surface area contributed by atoms with Crippen LogP contribution in [0.4, 0.5) is 17.6 Å². The summed E-state index contributed by atoms with van der Waals surface area (Å²) >= 11 is 0. The number of nitrogens with one attached hydrogen (secondary N) is 1. The van der Waals surface area contributed by atoms with Crippen LogP contribution in [-0.4, -0.2) is 79.0 Å². The molecule has 1 aromatic carbocycles. The first-order chi connectivity index (χ1) is 14.2. The average molecular weight is 400 g/mol. The van der Waals surface area contributed by atoms with Gasteiger partial charge in [-0.15, -0.1) is 0 Å². The van der Waals surface area contributed by atoms with Gasteiger partial charge in [0, 0.05) is 32.2 Å². The molecule has 0 atom stereocenters. The van der Waals surface area contributed by atoms with Gasteiger partial charge in [0.1, 0.15) is 5.82 Å². The van der Waals surface area contributed by atoms with Crippen molar-refractivity contribution >= 4 is 23.8 Å². The van der Waals surface area contributed by atoms with Gasteiger partial charge in [-0.25, -0.2) is 0 Å². The minimum atomic E-state index is -0.194. The van der Waals surface area contributed by atoms with Crippen molar-refractivity contribution in [3.05, 3.63) is 29.8 Å². The highest BCUT2D eigenvalue weighted by atomic mass is 16.5. The Bertz CT molecular complexity index is 830. The maximum Gasteiger partial charge on any atom is 0.229 e. The molecule has 0 spiro atoms. The van der Waals surface area contributed by atoms with Crippen molar-refractivity contribution in [1.82, 2.24) is 9.97 Å². The van der Waals surface area contributed by atoms with Crippen molar-refractivity contribution in [3.8, 4) is 11.5 Å². The first-order valence-corrected chi connectivity index (χ1v) is 9.54. The summed E-state index contributed by atoms with van der Waals surface area (Å²) in [4.78, 5) is 13.6. The molecule has 0 saturated carbocycles. The fourth-order valence-electron chi connectivity index (χ4n) is 3.13. The normalized spacial score (nSPS) is 17.7. The summed E-state index contributed by atoms with van der Waals surface area (Å²) in [6.45, 7) is 5.66. The molecule has 2 fully saturated rings. The van der Waals surface area contributed by atoms with Gasteiger partial charge in [-0.3, -0.25) is 5.43 Å². The van der Waals surface area contributed by atoms with Gasteiger partial charge in [0.25, 0.3) is 0 Å². The lowest BCUT2D eigenvalue weighted by molar-refractivity contribution is 0.121. The molecule has 29 heavy (non-hydrogen) atoms. The summed E-state index contributed by atoms with van der Waals surface area (Å²) in [6, 6.07) is 6.35. The smallest absolute Gasteiger partial charge is 0.229 e. The summed E-state index contributed by atoms with van der Waals surface area (Å²) in [5.74, 6) is 1.67. The molecule has 2 aliphatic rings. The minimum absolute atomic E-state index is 0.170. The SMILES string of the molecule is Oc1ccc(/C=N\Nc2cc(N3CCOCC3)nc(N3CCOCC3)n2)cc1O. The van der Waals surface area contributed by atoms with E-state index in [0.717, 1.165) is 32.0 Å². The third-order valence-corrected chi connectivity index (χ3v) is 4.72. The lowest BCUT2D eigenvalue weighted by atomic mass is 10.2. The van der Waals surface area contributed by atoms with Crippen LogP contribution in [-0.2, 0) is 9.47 Å². The Kier molecular flexibility index (Phi) is 5.92. The topological polar surface area (TPSA) is 116 Å². The Balaban J connectivity index is 1.55. The van der Waals surface area contributed by atoms with Crippen LogP contribution in [0.25, 0.3) is 0 Å². The zero-order valence-corrected chi connectivity index (χ0v) is 16.0. The fourth-order valence-corrected chi connectivity index (χ4v) is 3.13. The van der Waals surface area contributed by atoms with E-state index in [1.807, 2.05) is 6.07 Å². The highest BCUT2D eigenvalue weighted by Crippen LogP contribution is 2.24. The number of nitrogens with zero attached hydrogens (tertiary/aromatic N) is 5. The van der Waals surface area contributed by atoms with Crippen LogP contribution < -0.4 is 15.2 Å². The van der Waals surface area contributed by atoms with Crippen molar-refractivity contribution in [2.75, 3.05) is 67.8 Å². The van der Waals surface area contributed by atoms with Gasteiger partial charge in [0.05, 0.1) is 32.6 Å². The number of phenols is 2. The van der Waals surface area contributed by atoms with Crippen LogP contribution in [0.3, 0.4) is 0 Å². The molecule has 2 aromatic rings. The largest absolute Gasteiger partial charge is 0.504 e. The molecule has 1 aromatic heterocycles. The van der Waals surface area contributed by atoms with Gasteiger partial charge < -0.3 is 29.5 Å². The molecule has 3 heterocycles. The second kappa shape index (κ2) is 8.93. The van der Waals surface area contributed by atoms with Crippen LogP contribution in [0, 0.1) is 0 Å². The van der Waals surface area contributed by atoms with Crippen LogP contribution in [0.1, 0.15) is 5.56 Å². The molecule has 154 valence electrons. The Hall–Kier alpha value is -3.11. The Morgan fingerprint density at radius 2 is 1.59 bits per heavy atom. The fraction of sp³-hybridized carbons (Fsp3) is 0.421. The van der Waals surface area contributed by atoms with E-state index >= 15 is 0 Å². The number of aromatic hydroxyl groups is 2. The summed E-state index contributed by atoms with van der Waals surface area (Å²) in [7, 11) is 0. The molecule has 4 rings (SSSR count). The van der Waals surface area contributed by atoms with E-state index in [4.69, 9.17) is 14.5 Å². The van der Waals surface area contributed by atoms with E-state index in [1.165, 1.54) is 12.1 Å². The van der Waals surface area contributed by atoms with Crippen LogP contribution in [0.5, 0.6) is 11.5 Å². The number of benzene rings is 1. The molecule has 2 saturated heterocycles. The van der Waals surface area contributed by atoms with Gasteiger partial charge in [0.15, 0.2) is 17.3 Å². The predicted octanol–water partition coefficient (Wildman–Crippen LogP) is 1.01. The molecule has 0 aliphatic carbocycles. The van der Waals surface area contributed by atoms with Gasteiger partial charge in [-0.1, -0.05) is 0 Å². The van der Waals surface area contributed by atoms with E-state index < -0.39 is 0 Å². The molecule has 0 unspecified atom stereocenters. The van der Waals surface area contributed by atoms with Gasteiger partial charge in [0.2, 0.25) is 5.95 Å². The second-order valence-corrected chi connectivity index (χ2v) is 6.73. The van der Waals surface area contributed by atoms with Crippen LogP contribution >= 0.6 is 0 Å². The number of phenolic OH excluding ortho intramolecular Hbond substituents is 2. The lowest BCUT2D eigenvalue weighted by Gasteiger charge is -2.31. The highest BCUT2D eigenvalue weighted by Gasteiger charge is 2.19. The Morgan fingerprint density at radius 1 is 0.897 bits per heavy atom. The monoisotopic (exact) mass is 400 g/mol. The quantitative estimate of drug-likeness (QED) is 0.384. The number of ether oxygens (including phenoxy) is 2. The molecule has 2 aliphatic heterocycles. The number of rotatable bonds is 5. The zero-order chi connectivity index (χ0) is 20.1. The molecule has 0 radical (unpaired) electrons. The lowest BCUT2D eigenvalue weighted by Crippen LogP contribution is -2.39. The number of hydrogen-bond acceptors (Lipinski definition) is 10. The third-order valence-electron chi connectivity index (χ3n) is 4.72. The molecule has 0 amide bonds. The number of anilines is 3. The molecule has 0 bridgehead atoms. The maximum absolute atomic E-state index is 9.59. The Labute approximate surface area is 168 Å². The molecule has 10 heteroatoms. The maximum atomic E-state index is 9.59. The highest BCUT2D eigenvalue weighted by molar-refractivity contribution is 5.81. The van der Waals surface area contributed by atoms with E-state index in [1.54, 1.807) is 12.3 Å². The van der Waals surface area contributed by atoms with Crippen LogP contribution in [0.15, 0.2) is 29.4 Å². The van der Waals surface area contributed by atoms with E-state index in [9.17, 15) is 10.2 Å². The average Bonchev–Trinajstić information content (AvgIpc) is 2.77. The molecular formula is C19H24N6O4. The summed E-state index contributed by atoms with van der Waals surface area (Å²) in [5.41, 5.74) is 3.59. The number of hydrogen-bond donors (Lipinski definition) is 3. The summed E-state index contributed by atoms with van der Waals surface area (Å²) in [5, 5.41) is 23.2. The summed E-state index contributed by atoms with van der Waals surface area (Å²) in [6.07, 6.45) is 1.55. The van der Waals surface area contributed by atoms with E-state index in [2.05, 4.69) is 25.3 Å². The van der Waals surface area contributed by atoms with Gasteiger partial charge in [-0.05, 0) is 23.8 Å². The van der Waals surface area contributed by atoms with E-state index in [0.29, 0.717) is 43.8 Å². The summed E-state index contributed by atoms with van der Waals surface area (Å²) < 4.78 is 10.9.